The van der Waals surface area contributed by atoms with Crippen molar-refractivity contribution in [2.45, 2.75) is 23.8 Å². The van der Waals surface area contributed by atoms with Crippen LogP contribution in [-0.4, -0.2) is 39.5 Å². The van der Waals surface area contributed by atoms with Crippen LogP contribution in [0, 0.1) is 0 Å². The molecule has 0 bridgehead atoms. The van der Waals surface area contributed by atoms with Crippen LogP contribution in [-0.2, 0) is 10.0 Å². The van der Waals surface area contributed by atoms with Crippen LogP contribution in [0.4, 0.5) is 5.69 Å². The lowest BCUT2D eigenvalue weighted by Crippen LogP contribution is -2.46. The van der Waals surface area contributed by atoms with Crippen LogP contribution in [0.15, 0.2) is 26.0 Å². The fraction of sp³-hybridized carbons (Fsp3) is 0.500. The smallest absolute Gasteiger partial charge is 0.243 e. The van der Waals surface area contributed by atoms with E-state index in [1.165, 1.54) is 0 Å². The van der Waals surface area contributed by atoms with Crippen LogP contribution in [0.5, 0.6) is 0 Å². The van der Waals surface area contributed by atoms with Crippen molar-refractivity contribution in [2.75, 3.05) is 25.9 Å². The van der Waals surface area contributed by atoms with Gasteiger partial charge in [-0.25, -0.2) is 13.1 Å². The molecule has 1 unspecified atom stereocenters. The fourth-order valence-electron chi connectivity index (χ4n) is 2.38. The lowest BCUT2D eigenvalue weighted by molar-refractivity contribution is 0.242. The zero-order valence-electron chi connectivity index (χ0n) is 11.1. The summed E-state index contributed by atoms with van der Waals surface area (Å²) in [5, 5.41) is 0. The Morgan fingerprint density at radius 1 is 1.35 bits per heavy atom. The summed E-state index contributed by atoms with van der Waals surface area (Å²) in [4.78, 5) is 2.32. The van der Waals surface area contributed by atoms with Crippen molar-refractivity contribution in [3.8, 4) is 0 Å². The fourth-order valence-corrected chi connectivity index (χ4v) is 6.26. The number of likely N-dealkylation sites (tertiary alicyclic amines) is 1. The number of nitrogens with zero attached hydrogens (tertiary/aromatic N) is 1. The lowest BCUT2D eigenvalue weighted by atomic mass is 10.1. The Balaban J connectivity index is 2.27. The molecule has 1 atom stereocenters. The van der Waals surface area contributed by atoms with E-state index in [1.54, 1.807) is 12.1 Å². The monoisotopic (exact) mass is 425 g/mol. The number of hydrogen-bond donors (Lipinski definition) is 2. The van der Waals surface area contributed by atoms with E-state index in [9.17, 15) is 8.42 Å². The maximum absolute atomic E-state index is 12.5. The number of benzene rings is 1. The molecule has 3 N–H and O–H groups in total. The molecule has 20 heavy (non-hydrogen) atoms. The van der Waals surface area contributed by atoms with Crippen molar-refractivity contribution >= 4 is 47.6 Å². The van der Waals surface area contributed by atoms with Gasteiger partial charge in [-0.2, -0.15) is 0 Å². The molecule has 112 valence electrons. The van der Waals surface area contributed by atoms with Gasteiger partial charge >= 0.3 is 0 Å². The molecule has 0 spiro atoms. The van der Waals surface area contributed by atoms with Crippen molar-refractivity contribution < 1.29 is 8.42 Å². The predicted molar refractivity (Wildman–Crippen MR) is 87.1 cm³/mol. The molecule has 1 aliphatic heterocycles. The summed E-state index contributed by atoms with van der Waals surface area (Å²) in [7, 11) is -1.59. The minimum Gasteiger partial charge on any atom is -0.399 e. The quantitative estimate of drug-likeness (QED) is 0.726. The molecule has 0 radical (unpaired) electrons. The summed E-state index contributed by atoms with van der Waals surface area (Å²) in [6.45, 7) is 1.73. The Labute approximate surface area is 136 Å². The number of likely N-dealkylation sites (N-methyl/N-ethyl adjacent to an activating group) is 1. The molecule has 8 heteroatoms. The van der Waals surface area contributed by atoms with E-state index in [0.717, 1.165) is 25.9 Å². The average molecular weight is 427 g/mol. The summed E-state index contributed by atoms with van der Waals surface area (Å²) < 4.78 is 28.8. The van der Waals surface area contributed by atoms with Crippen LogP contribution in [0.2, 0.25) is 0 Å². The second-order valence-corrected chi connectivity index (χ2v) is 8.40. The predicted octanol–water partition coefficient (Wildman–Crippen LogP) is 2.17. The Morgan fingerprint density at radius 2 is 1.95 bits per heavy atom. The van der Waals surface area contributed by atoms with Crippen molar-refractivity contribution in [3.05, 3.63) is 21.1 Å². The maximum Gasteiger partial charge on any atom is 0.243 e. The number of halogens is 2. The number of anilines is 1. The van der Waals surface area contributed by atoms with Crippen molar-refractivity contribution in [1.82, 2.24) is 9.62 Å². The maximum atomic E-state index is 12.5. The van der Waals surface area contributed by atoms with Gasteiger partial charge in [-0.05, 0) is 70.4 Å². The summed E-state index contributed by atoms with van der Waals surface area (Å²) in [5.41, 5.74) is 6.19. The Kier molecular flexibility index (Phi) is 5.12. The summed E-state index contributed by atoms with van der Waals surface area (Å²) in [5.74, 6) is 0. The third-order valence-corrected chi connectivity index (χ3v) is 6.63. The molecule has 0 saturated carbocycles. The number of sulfonamides is 1. The van der Waals surface area contributed by atoms with Gasteiger partial charge in [0.05, 0.1) is 0 Å². The molecular weight excluding hydrogens is 410 g/mol. The van der Waals surface area contributed by atoms with Gasteiger partial charge in [0.2, 0.25) is 10.0 Å². The van der Waals surface area contributed by atoms with Crippen molar-refractivity contribution in [3.63, 3.8) is 0 Å². The summed E-state index contributed by atoms with van der Waals surface area (Å²) in [6.07, 6.45) is 1.85. The second kappa shape index (κ2) is 6.31. The van der Waals surface area contributed by atoms with Crippen molar-refractivity contribution in [1.29, 1.82) is 0 Å². The van der Waals surface area contributed by atoms with Gasteiger partial charge in [-0.1, -0.05) is 0 Å². The molecule has 1 aromatic carbocycles. The first-order chi connectivity index (χ1) is 9.29. The van der Waals surface area contributed by atoms with E-state index >= 15 is 0 Å². The number of piperidine rings is 1. The van der Waals surface area contributed by atoms with Gasteiger partial charge in [-0.15, -0.1) is 0 Å². The van der Waals surface area contributed by atoms with Gasteiger partial charge < -0.3 is 10.6 Å². The molecular formula is C12H17Br2N3O2S. The standard InChI is InChI=1S/C12H17Br2N3O2S/c1-17-4-2-3-9(7-17)16-20(18,19)12-10(13)5-8(15)6-11(12)14/h5-6,9,16H,2-4,7,15H2,1H3. The normalized spacial score (nSPS) is 21.1. The van der Waals surface area contributed by atoms with Gasteiger partial charge in [0, 0.05) is 27.2 Å². The van der Waals surface area contributed by atoms with E-state index < -0.39 is 10.0 Å². The molecule has 1 aromatic rings. The Morgan fingerprint density at radius 3 is 2.50 bits per heavy atom. The zero-order chi connectivity index (χ0) is 14.9. The zero-order valence-corrected chi connectivity index (χ0v) is 15.1. The first kappa shape index (κ1) is 16.2. The van der Waals surface area contributed by atoms with Crippen LogP contribution >= 0.6 is 31.9 Å². The minimum atomic E-state index is -3.59. The molecule has 1 fully saturated rings. The first-order valence-corrected chi connectivity index (χ1v) is 9.32. The van der Waals surface area contributed by atoms with E-state index in [-0.39, 0.29) is 10.9 Å². The minimum absolute atomic E-state index is 0.0601. The Bertz CT molecular complexity index is 584. The van der Waals surface area contributed by atoms with Crippen molar-refractivity contribution in [2.24, 2.45) is 0 Å². The Hall–Kier alpha value is -0.150. The first-order valence-electron chi connectivity index (χ1n) is 6.25. The number of nitrogens with two attached hydrogens (primary N) is 1. The molecule has 1 saturated heterocycles. The number of nitrogen functional groups attached to an aromatic ring is 1. The van der Waals surface area contributed by atoms with E-state index in [4.69, 9.17) is 5.73 Å². The van der Waals surface area contributed by atoms with Crippen LogP contribution < -0.4 is 10.5 Å². The van der Waals surface area contributed by atoms with E-state index in [0.29, 0.717) is 14.6 Å². The number of nitrogens with one attached hydrogen (secondary N) is 1. The molecule has 0 aromatic heterocycles. The molecule has 5 nitrogen and oxygen atoms in total. The summed E-state index contributed by atoms with van der Waals surface area (Å²) >= 11 is 6.54. The third kappa shape index (κ3) is 3.73. The van der Waals surface area contributed by atoms with Crippen LogP contribution in [0.3, 0.4) is 0 Å². The molecule has 1 aliphatic rings. The average Bonchev–Trinajstić information content (AvgIpc) is 2.25. The largest absolute Gasteiger partial charge is 0.399 e. The molecule has 0 amide bonds. The molecule has 1 heterocycles. The van der Waals surface area contributed by atoms with Gasteiger partial charge in [0.1, 0.15) is 4.90 Å². The number of rotatable bonds is 3. The topological polar surface area (TPSA) is 75.4 Å². The summed E-state index contributed by atoms with van der Waals surface area (Å²) in [6, 6.07) is 3.12. The second-order valence-electron chi connectivity index (χ2n) is 5.04. The highest BCUT2D eigenvalue weighted by Gasteiger charge is 2.27. The van der Waals surface area contributed by atoms with E-state index in [1.807, 2.05) is 7.05 Å². The van der Waals surface area contributed by atoms with Gasteiger partial charge in [-0.3, -0.25) is 0 Å². The van der Waals surface area contributed by atoms with E-state index in [2.05, 4.69) is 41.5 Å². The van der Waals surface area contributed by atoms with Gasteiger partial charge in [0.15, 0.2) is 0 Å². The molecule has 0 aliphatic carbocycles. The third-order valence-electron chi connectivity index (χ3n) is 3.24. The molecule has 2 rings (SSSR count). The van der Waals surface area contributed by atoms with Crippen LogP contribution in [0.25, 0.3) is 0 Å². The highest BCUT2D eigenvalue weighted by molar-refractivity contribution is 9.11. The number of hydrogen-bond acceptors (Lipinski definition) is 4. The van der Waals surface area contributed by atoms with Crippen LogP contribution in [0.1, 0.15) is 12.8 Å². The van der Waals surface area contributed by atoms with Gasteiger partial charge in [0.25, 0.3) is 0 Å². The SMILES string of the molecule is CN1CCCC(NS(=O)(=O)c2c(Br)cc(N)cc2Br)C1. The lowest BCUT2D eigenvalue weighted by Gasteiger charge is -2.30. The highest BCUT2D eigenvalue weighted by atomic mass is 79.9. The highest BCUT2D eigenvalue weighted by Crippen LogP contribution is 2.32.